The minimum atomic E-state index is -0.0759. The van der Waals surface area contributed by atoms with Gasteiger partial charge >= 0.3 is 0 Å². The zero-order valence-electron chi connectivity index (χ0n) is 35.3. The Morgan fingerprint density at radius 2 is 1.02 bits per heavy atom. The van der Waals surface area contributed by atoms with Gasteiger partial charge in [-0.05, 0) is 177 Å². The molecule has 0 aliphatic heterocycles. The molecule has 6 aromatic rings. The molecule has 1 spiro atoms. The van der Waals surface area contributed by atoms with Gasteiger partial charge < -0.3 is 4.90 Å². The van der Waals surface area contributed by atoms with Gasteiger partial charge in [-0.25, -0.2) is 0 Å². The van der Waals surface area contributed by atoms with Crippen LogP contribution in [-0.4, -0.2) is 0 Å². The lowest BCUT2D eigenvalue weighted by Crippen LogP contribution is -2.55. The first-order valence-corrected chi connectivity index (χ1v) is 22.5. The Balaban J connectivity index is 1.02. The van der Waals surface area contributed by atoms with Crippen LogP contribution in [0.2, 0.25) is 0 Å². The molecule has 7 aliphatic rings. The molecule has 290 valence electrons. The highest BCUT2D eigenvalue weighted by Gasteiger charge is 2.61. The molecule has 4 fully saturated rings. The highest BCUT2D eigenvalue weighted by atomic mass is 15.1. The Bertz CT molecular complexity index is 2640. The van der Waals surface area contributed by atoms with Gasteiger partial charge in [-0.2, -0.15) is 0 Å². The van der Waals surface area contributed by atoms with Crippen molar-refractivity contribution in [3.05, 3.63) is 161 Å². The quantitative estimate of drug-likeness (QED) is 0.173. The smallest absolute Gasteiger partial charge is 0.0502 e. The highest BCUT2D eigenvalue weighted by Crippen LogP contribution is 2.70. The number of hydrogen-bond donors (Lipinski definition) is 0. The predicted molar refractivity (Wildman–Crippen MR) is 243 cm³/mol. The molecule has 4 bridgehead atoms. The highest BCUT2D eigenvalue weighted by molar-refractivity contribution is 5.94. The first-order chi connectivity index (χ1) is 28.0. The second kappa shape index (κ2) is 11.9. The minimum absolute atomic E-state index is 0.0533. The second-order valence-corrected chi connectivity index (χ2v) is 21.2. The molecule has 0 N–H and O–H groups in total. The molecule has 0 saturated heterocycles. The van der Waals surface area contributed by atoms with Crippen molar-refractivity contribution in [2.45, 2.75) is 108 Å². The van der Waals surface area contributed by atoms with E-state index in [1.165, 1.54) is 118 Å². The Morgan fingerprint density at radius 3 is 1.76 bits per heavy atom. The summed E-state index contributed by atoms with van der Waals surface area (Å²) >= 11 is 0. The monoisotopic (exact) mass is 755 g/mol. The molecular formula is C57H57N. The van der Waals surface area contributed by atoms with E-state index >= 15 is 0 Å². The summed E-state index contributed by atoms with van der Waals surface area (Å²) in [6.07, 6.45) is 9.52. The summed E-state index contributed by atoms with van der Waals surface area (Å²) in [5.74, 6) is 3.44. The lowest BCUT2D eigenvalue weighted by atomic mass is 9.43. The van der Waals surface area contributed by atoms with E-state index in [0.717, 1.165) is 23.7 Å². The van der Waals surface area contributed by atoms with Crippen LogP contribution in [0.4, 0.5) is 17.1 Å². The molecule has 0 atom stereocenters. The van der Waals surface area contributed by atoms with Gasteiger partial charge in [0.05, 0.1) is 5.69 Å². The molecule has 0 unspecified atom stereocenters. The van der Waals surface area contributed by atoms with Crippen LogP contribution < -0.4 is 4.90 Å². The number of anilines is 3. The summed E-state index contributed by atoms with van der Waals surface area (Å²) in [7, 11) is 0. The third-order valence-electron chi connectivity index (χ3n) is 16.9. The van der Waals surface area contributed by atoms with Gasteiger partial charge in [0.25, 0.3) is 0 Å². The van der Waals surface area contributed by atoms with Crippen molar-refractivity contribution in [3.8, 4) is 33.4 Å². The van der Waals surface area contributed by atoms with Crippen molar-refractivity contribution >= 4 is 17.1 Å². The number of nitrogens with zero attached hydrogens (tertiary/aromatic N) is 1. The third-order valence-corrected chi connectivity index (χ3v) is 16.9. The van der Waals surface area contributed by atoms with Gasteiger partial charge in [-0.15, -0.1) is 0 Å². The van der Waals surface area contributed by atoms with E-state index in [9.17, 15) is 0 Å². The lowest BCUT2D eigenvalue weighted by Gasteiger charge is -2.61. The Morgan fingerprint density at radius 1 is 0.448 bits per heavy atom. The minimum Gasteiger partial charge on any atom is -0.310 e. The van der Waals surface area contributed by atoms with Crippen molar-refractivity contribution < 1.29 is 0 Å². The largest absolute Gasteiger partial charge is 0.310 e. The van der Waals surface area contributed by atoms with Gasteiger partial charge in [0.2, 0.25) is 0 Å². The first kappa shape index (κ1) is 35.1. The second-order valence-electron chi connectivity index (χ2n) is 21.2. The van der Waals surface area contributed by atoms with Gasteiger partial charge in [0.15, 0.2) is 0 Å². The summed E-state index contributed by atoms with van der Waals surface area (Å²) in [6, 6.07) is 50.0. The topological polar surface area (TPSA) is 3.24 Å². The zero-order valence-corrected chi connectivity index (χ0v) is 35.3. The van der Waals surface area contributed by atoms with Crippen LogP contribution in [-0.2, 0) is 21.7 Å². The van der Waals surface area contributed by atoms with Crippen LogP contribution in [0.15, 0.2) is 127 Å². The summed E-state index contributed by atoms with van der Waals surface area (Å²) in [6.45, 7) is 14.6. The van der Waals surface area contributed by atoms with E-state index in [0.29, 0.717) is 0 Å². The maximum atomic E-state index is 2.60. The third kappa shape index (κ3) is 4.60. The number of benzene rings is 6. The molecule has 58 heavy (non-hydrogen) atoms. The van der Waals surface area contributed by atoms with Crippen LogP contribution in [0.5, 0.6) is 0 Å². The average Bonchev–Trinajstić information content (AvgIpc) is 3.65. The van der Waals surface area contributed by atoms with Crippen LogP contribution in [0, 0.1) is 23.7 Å². The maximum absolute atomic E-state index is 2.60. The average molecular weight is 756 g/mol. The summed E-state index contributed by atoms with van der Waals surface area (Å²) < 4.78 is 0. The van der Waals surface area contributed by atoms with E-state index in [4.69, 9.17) is 0 Å². The molecule has 7 aliphatic carbocycles. The maximum Gasteiger partial charge on any atom is 0.0502 e. The SMILES string of the molecule is CC1(C)CCC(C)(C)c2c(N(c3ccc(-c4cccc5c4-c4ccccc4C54C5CC6CC(C5)CC4C6)cc3)c3ccc4c(c3)C(C)(C)c3ccccc3-4)cccc21. The fourth-order valence-electron chi connectivity index (χ4n) is 14.4. The zero-order chi connectivity index (χ0) is 39.3. The normalized spacial score (nSPS) is 26.8. The van der Waals surface area contributed by atoms with Crippen LogP contribution in [0.25, 0.3) is 33.4 Å². The van der Waals surface area contributed by atoms with Crippen molar-refractivity contribution in [2.75, 3.05) is 4.90 Å². The van der Waals surface area contributed by atoms with E-state index in [1.54, 1.807) is 11.1 Å². The number of fused-ring (bicyclic) bond motifs is 7. The molecule has 1 heteroatoms. The van der Waals surface area contributed by atoms with Gasteiger partial charge in [-0.3, -0.25) is 0 Å². The van der Waals surface area contributed by atoms with Crippen LogP contribution in [0.1, 0.15) is 120 Å². The molecular weight excluding hydrogens is 699 g/mol. The molecule has 6 aromatic carbocycles. The standard InChI is InChI=1S/C57H57N/c1-54(2)27-28-55(3,4)53-49(54)19-12-20-51(53)58(41-25-26-44-43-13-7-9-16-46(43)56(5,6)50(44)34-41)40-23-21-37(22-24-40)42-15-11-18-48-52(42)45-14-8-10-17-47(45)57(48)38-30-35-29-36(32-38)33-39(57)31-35/h7-26,34-36,38-39H,27-33H2,1-6H3. The molecule has 4 saturated carbocycles. The molecule has 1 nitrogen and oxygen atoms in total. The Hall–Kier alpha value is -4.88. The summed E-state index contributed by atoms with van der Waals surface area (Å²) in [5, 5.41) is 0. The first-order valence-electron chi connectivity index (χ1n) is 22.5. The van der Waals surface area contributed by atoms with E-state index in [2.05, 4.69) is 174 Å². The molecule has 0 heterocycles. The fourth-order valence-corrected chi connectivity index (χ4v) is 14.4. The fraction of sp³-hybridized carbons (Fsp3) is 0.368. The number of rotatable bonds is 4. The van der Waals surface area contributed by atoms with Crippen molar-refractivity contribution in [2.24, 2.45) is 23.7 Å². The molecule has 13 rings (SSSR count). The van der Waals surface area contributed by atoms with Crippen LogP contribution >= 0.6 is 0 Å². The Kier molecular flexibility index (Phi) is 7.18. The van der Waals surface area contributed by atoms with Gasteiger partial charge in [0, 0.05) is 22.2 Å². The lowest BCUT2D eigenvalue weighted by molar-refractivity contribution is -0.0399. The molecule has 0 aromatic heterocycles. The summed E-state index contributed by atoms with van der Waals surface area (Å²) in [4.78, 5) is 2.60. The van der Waals surface area contributed by atoms with E-state index < -0.39 is 0 Å². The number of hydrogen-bond acceptors (Lipinski definition) is 1. The van der Waals surface area contributed by atoms with Gasteiger partial charge in [0.1, 0.15) is 0 Å². The summed E-state index contributed by atoms with van der Waals surface area (Å²) in [5.41, 5.74) is 21.6. The Labute approximate surface area is 346 Å². The van der Waals surface area contributed by atoms with Crippen molar-refractivity contribution in [1.82, 2.24) is 0 Å². The molecule has 0 radical (unpaired) electrons. The van der Waals surface area contributed by atoms with Crippen molar-refractivity contribution in [3.63, 3.8) is 0 Å². The van der Waals surface area contributed by atoms with Gasteiger partial charge in [-0.1, -0.05) is 139 Å². The van der Waals surface area contributed by atoms with E-state index in [-0.39, 0.29) is 21.7 Å². The molecule has 0 amide bonds. The predicted octanol–water partition coefficient (Wildman–Crippen LogP) is 15.2. The van der Waals surface area contributed by atoms with Crippen LogP contribution in [0.3, 0.4) is 0 Å². The van der Waals surface area contributed by atoms with E-state index in [1.807, 2.05) is 0 Å². The van der Waals surface area contributed by atoms with Crippen molar-refractivity contribution in [1.29, 1.82) is 0 Å².